The fourth-order valence-corrected chi connectivity index (χ4v) is 2.26. The zero-order chi connectivity index (χ0) is 17.8. The molecule has 0 bridgehead atoms. The summed E-state index contributed by atoms with van der Waals surface area (Å²) < 4.78 is 15.7. The largest absolute Gasteiger partial charge is 0.497 e. The van der Waals surface area contributed by atoms with Gasteiger partial charge in [0.25, 0.3) is 11.6 Å². The molecule has 0 unspecified atom stereocenters. The number of ether oxygens (including phenoxy) is 2. The van der Waals surface area contributed by atoms with Gasteiger partial charge in [-0.1, -0.05) is 16.8 Å². The first-order valence-corrected chi connectivity index (χ1v) is 7.48. The van der Waals surface area contributed by atoms with Gasteiger partial charge in [0, 0.05) is 17.7 Å². The molecule has 1 aromatic heterocycles. The first-order valence-electron chi connectivity index (χ1n) is 7.10. The summed E-state index contributed by atoms with van der Waals surface area (Å²) in [5.74, 6) is 1.68. The van der Waals surface area contributed by atoms with Crippen LogP contribution in [0.5, 0.6) is 11.5 Å². The zero-order valence-electron chi connectivity index (χ0n) is 13.0. The number of aromatic nitrogens is 2. The van der Waals surface area contributed by atoms with Gasteiger partial charge in [-0.2, -0.15) is 4.98 Å². The number of benzene rings is 2. The monoisotopic (exact) mass is 361 g/mol. The van der Waals surface area contributed by atoms with Gasteiger partial charge in [0.05, 0.1) is 17.1 Å². The van der Waals surface area contributed by atoms with E-state index in [2.05, 4.69) is 10.1 Å². The van der Waals surface area contributed by atoms with Crippen LogP contribution in [0.1, 0.15) is 5.89 Å². The quantitative estimate of drug-likeness (QED) is 0.485. The highest BCUT2D eigenvalue weighted by Crippen LogP contribution is 2.29. The summed E-state index contributed by atoms with van der Waals surface area (Å²) in [5, 5.41) is 14.7. The van der Waals surface area contributed by atoms with E-state index in [4.69, 9.17) is 25.6 Å². The molecule has 0 fully saturated rings. The lowest BCUT2D eigenvalue weighted by Crippen LogP contribution is -1.97. The molecule has 3 aromatic rings. The molecule has 0 N–H and O–H groups in total. The minimum atomic E-state index is -0.533. The van der Waals surface area contributed by atoms with Crippen LogP contribution in [0.25, 0.3) is 11.4 Å². The van der Waals surface area contributed by atoms with Crippen LogP contribution in [0.3, 0.4) is 0 Å². The van der Waals surface area contributed by atoms with E-state index in [0.29, 0.717) is 5.82 Å². The molecule has 0 aliphatic rings. The SMILES string of the molecule is COc1ccc(-c2noc(COc3ccc([N+](=O)[O-])cc3Cl)n2)cc1. The van der Waals surface area contributed by atoms with Crippen molar-refractivity contribution >= 4 is 17.3 Å². The molecule has 0 saturated heterocycles. The third kappa shape index (κ3) is 3.86. The molecule has 0 spiro atoms. The van der Waals surface area contributed by atoms with Crippen molar-refractivity contribution in [1.29, 1.82) is 0 Å². The number of nitrogens with zero attached hydrogens (tertiary/aromatic N) is 3. The molecular weight excluding hydrogens is 350 g/mol. The number of hydrogen-bond acceptors (Lipinski definition) is 7. The second-order valence-corrected chi connectivity index (χ2v) is 5.31. The second-order valence-electron chi connectivity index (χ2n) is 4.90. The molecule has 128 valence electrons. The maximum atomic E-state index is 10.7. The van der Waals surface area contributed by atoms with Crippen molar-refractivity contribution in [3.05, 3.63) is 63.5 Å². The molecule has 0 saturated carbocycles. The summed E-state index contributed by atoms with van der Waals surface area (Å²) in [4.78, 5) is 14.4. The molecule has 2 aromatic carbocycles. The van der Waals surface area contributed by atoms with Crippen LogP contribution in [-0.4, -0.2) is 22.2 Å². The smallest absolute Gasteiger partial charge is 0.271 e. The predicted molar refractivity (Wildman–Crippen MR) is 88.7 cm³/mol. The summed E-state index contributed by atoms with van der Waals surface area (Å²) >= 11 is 5.96. The van der Waals surface area contributed by atoms with E-state index in [0.717, 1.165) is 11.3 Å². The normalized spacial score (nSPS) is 10.5. The third-order valence-corrected chi connectivity index (χ3v) is 3.59. The van der Waals surface area contributed by atoms with Crippen molar-refractivity contribution in [2.45, 2.75) is 6.61 Å². The van der Waals surface area contributed by atoms with Gasteiger partial charge in [-0.15, -0.1) is 0 Å². The van der Waals surface area contributed by atoms with Crippen LogP contribution in [-0.2, 0) is 6.61 Å². The van der Waals surface area contributed by atoms with Crippen molar-refractivity contribution < 1.29 is 18.9 Å². The van der Waals surface area contributed by atoms with Crippen LogP contribution in [0.4, 0.5) is 5.69 Å². The number of halogens is 1. The van der Waals surface area contributed by atoms with E-state index in [1.165, 1.54) is 18.2 Å². The van der Waals surface area contributed by atoms with Crippen molar-refractivity contribution in [1.82, 2.24) is 10.1 Å². The van der Waals surface area contributed by atoms with E-state index in [1.807, 2.05) is 12.1 Å². The van der Waals surface area contributed by atoms with Crippen molar-refractivity contribution in [2.75, 3.05) is 7.11 Å². The fourth-order valence-electron chi connectivity index (χ4n) is 2.03. The second kappa shape index (κ2) is 7.18. The van der Waals surface area contributed by atoms with E-state index >= 15 is 0 Å². The molecule has 0 radical (unpaired) electrons. The zero-order valence-corrected chi connectivity index (χ0v) is 13.8. The molecule has 3 rings (SSSR count). The standard InChI is InChI=1S/C16H12ClN3O5/c1-23-12-5-2-10(3-6-12)16-18-15(25-19-16)9-24-14-7-4-11(20(21)22)8-13(14)17/h2-8H,9H2,1H3. The maximum Gasteiger partial charge on any atom is 0.271 e. The Morgan fingerprint density at radius 2 is 2.00 bits per heavy atom. The Morgan fingerprint density at radius 1 is 1.24 bits per heavy atom. The molecule has 0 amide bonds. The van der Waals surface area contributed by atoms with E-state index in [1.54, 1.807) is 19.2 Å². The van der Waals surface area contributed by atoms with Crippen molar-refractivity contribution in [3.63, 3.8) is 0 Å². The van der Waals surface area contributed by atoms with Crippen molar-refractivity contribution in [2.24, 2.45) is 0 Å². The lowest BCUT2D eigenvalue weighted by Gasteiger charge is -2.04. The fraction of sp³-hybridized carbons (Fsp3) is 0.125. The Balaban J connectivity index is 1.68. The number of hydrogen-bond donors (Lipinski definition) is 0. The molecule has 8 nitrogen and oxygen atoms in total. The summed E-state index contributed by atoms with van der Waals surface area (Å²) in [6, 6.07) is 11.1. The van der Waals surface area contributed by atoms with E-state index < -0.39 is 4.92 Å². The van der Waals surface area contributed by atoms with Crippen LogP contribution < -0.4 is 9.47 Å². The topological polar surface area (TPSA) is 101 Å². The van der Waals surface area contributed by atoms with Gasteiger partial charge >= 0.3 is 0 Å². The summed E-state index contributed by atoms with van der Waals surface area (Å²) in [5.41, 5.74) is 0.654. The van der Waals surface area contributed by atoms with E-state index in [9.17, 15) is 10.1 Å². The molecule has 1 heterocycles. The van der Waals surface area contributed by atoms with Crippen LogP contribution >= 0.6 is 11.6 Å². The maximum absolute atomic E-state index is 10.7. The first kappa shape index (κ1) is 16.7. The lowest BCUT2D eigenvalue weighted by atomic mass is 10.2. The van der Waals surface area contributed by atoms with Crippen LogP contribution in [0, 0.1) is 10.1 Å². The Hall–Kier alpha value is -3.13. The number of nitro groups is 1. The highest BCUT2D eigenvalue weighted by atomic mass is 35.5. The molecular formula is C16H12ClN3O5. The molecule has 25 heavy (non-hydrogen) atoms. The Labute approximate surface area is 147 Å². The molecule has 0 aliphatic heterocycles. The molecule has 9 heteroatoms. The van der Waals surface area contributed by atoms with Gasteiger partial charge in [-0.3, -0.25) is 10.1 Å². The van der Waals surface area contributed by atoms with Gasteiger partial charge < -0.3 is 14.0 Å². The van der Waals surface area contributed by atoms with Gasteiger partial charge in [0.2, 0.25) is 5.82 Å². The van der Waals surface area contributed by atoms with Gasteiger partial charge in [0.15, 0.2) is 6.61 Å². The highest BCUT2D eigenvalue weighted by molar-refractivity contribution is 6.32. The van der Waals surface area contributed by atoms with Crippen LogP contribution in [0.15, 0.2) is 47.0 Å². The summed E-state index contributed by atoms with van der Waals surface area (Å²) in [6.45, 7) is -0.0132. The number of rotatable bonds is 6. The van der Waals surface area contributed by atoms with Gasteiger partial charge in [-0.25, -0.2) is 0 Å². The Bertz CT molecular complexity index is 895. The Morgan fingerprint density at radius 3 is 2.64 bits per heavy atom. The molecule has 0 atom stereocenters. The number of methoxy groups -OCH3 is 1. The summed E-state index contributed by atoms with van der Waals surface area (Å²) in [7, 11) is 1.59. The van der Waals surface area contributed by atoms with Crippen molar-refractivity contribution in [3.8, 4) is 22.9 Å². The summed E-state index contributed by atoms with van der Waals surface area (Å²) in [6.07, 6.45) is 0. The van der Waals surface area contributed by atoms with Crippen LogP contribution in [0.2, 0.25) is 5.02 Å². The average Bonchev–Trinajstić information content (AvgIpc) is 3.09. The molecule has 0 aliphatic carbocycles. The number of nitro benzene ring substituents is 1. The predicted octanol–water partition coefficient (Wildman–Crippen LogP) is 3.89. The Kier molecular flexibility index (Phi) is 4.80. The average molecular weight is 362 g/mol. The minimum absolute atomic E-state index is 0.0132. The third-order valence-electron chi connectivity index (χ3n) is 3.29. The lowest BCUT2D eigenvalue weighted by molar-refractivity contribution is -0.384. The highest BCUT2D eigenvalue weighted by Gasteiger charge is 2.13. The van der Waals surface area contributed by atoms with E-state index in [-0.39, 0.29) is 29.0 Å². The first-order chi connectivity index (χ1) is 12.1. The minimum Gasteiger partial charge on any atom is -0.497 e. The van der Waals surface area contributed by atoms with Gasteiger partial charge in [0.1, 0.15) is 11.5 Å². The van der Waals surface area contributed by atoms with Gasteiger partial charge in [-0.05, 0) is 30.3 Å². The number of non-ortho nitro benzene ring substituents is 1.